The second-order valence-electron chi connectivity index (χ2n) is 9.40. The van der Waals surface area contributed by atoms with Crippen LogP contribution in [0, 0.1) is 5.92 Å². The first-order chi connectivity index (χ1) is 17.1. The molecule has 3 heterocycles. The lowest BCUT2D eigenvalue weighted by atomic mass is 9.97. The first kappa shape index (κ1) is 23.6. The third kappa shape index (κ3) is 5.42. The standard InChI is InChI=1S/C27H34N2O6/c1-31-24-13-20-7-12-29(16-21(20)14-25(24)32-2)27(30)8-11-28-9-5-19(6-10-28)17-33-22-3-4-23-26(15-22)35-18-34-23/h3-4,13-15,19H,5-12,16-18H2,1-2H3. The normalized spacial score (nSPS) is 17.7. The van der Waals surface area contributed by atoms with Gasteiger partial charge in [0.1, 0.15) is 5.75 Å². The molecule has 2 aromatic rings. The Bertz CT molecular complexity index is 1050. The van der Waals surface area contributed by atoms with Gasteiger partial charge in [-0.1, -0.05) is 0 Å². The minimum atomic E-state index is 0.221. The van der Waals surface area contributed by atoms with Crippen molar-refractivity contribution in [2.45, 2.75) is 32.2 Å². The maximum absolute atomic E-state index is 12.9. The van der Waals surface area contributed by atoms with Crippen LogP contribution in [0.5, 0.6) is 28.7 Å². The van der Waals surface area contributed by atoms with E-state index >= 15 is 0 Å². The Morgan fingerprint density at radius 2 is 1.71 bits per heavy atom. The summed E-state index contributed by atoms with van der Waals surface area (Å²) < 4.78 is 27.6. The van der Waals surface area contributed by atoms with Gasteiger partial charge in [-0.2, -0.15) is 0 Å². The molecule has 0 N–H and O–H groups in total. The van der Waals surface area contributed by atoms with Crippen molar-refractivity contribution in [2.75, 3.05) is 53.8 Å². The molecule has 0 unspecified atom stereocenters. The van der Waals surface area contributed by atoms with Crippen LogP contribution < -0.4 is 23.7 Å². The fourth-order valence-electron chi connectivity index (χ4n) is 5.07. The van der Waals surface area contributed by atoms with Crippen LogP contribution in [-0.2, 0) is 17.8 Å². The Hall–Kier alpha value is -3.13. The molecule has 1 saturated heterocycles. The number of carbonyl (C=O) groups excluding carboxylic acids is 1. The van der Waals surface area contributed by atoms with E-state index in [2.05, 4.69) is 4.90 Å². The Morgan fingerprint density at radius 1 is 0.971 bits per heavy atom. The molecule has 0 radical (unpaired) electrons. The van der Waals surface area contributed by atoms with Crippen LogP contribution in [0.25, 0.3) is 0 Å². The Labute approximate surface area is 206 Å². The molecule has 0 atom stereocenters. The molecule has 0 aromatic heterocycles. The molecule has 0 aliphatic carbocycles. The topological polar surface area (TPSA) is 69.7 Å². The van der Waals surface area contributed by atoms with Crippen LogP contribution in [-0.4, -0.2) is 69.5 Å². The molecule has 0 bridgehead atoms. The SMILES string of the molecule is COc1cc2c(cc1OC)CN(C(=O)CCN1CCC(COc3ccc4c(c3)OCO4)CC1)CC2. The summed E-state index contributed by atoms with van der Waals surface area (Å²) in [7, 11) is 3.29. The lowest BCUT2D eigenvalue weighted by molar-refractivity contribution is -0.132. The number of hydrogen-bond acceptors (Lipinski definition) is 7. The highest BCUT2D eigenvalue weighted by Gasteiger charge is 2.25. The summed E-state index contributed by atoms with van der Waals surface area (Å²) in [6.07, 6.45) is 3.56. The number of fused-ring (bicyclic) bond motifs is 2. The number of methoxy groups -OCH3 is 2. The van der Waals surface area contributed by atoms with E-state index in [1.54, 1.807) is 14.2 Å². The summed E-state index contributed by atoms with van der Waals surface area (Å²) in [6, 6.07) is 9.76. The minimum absolute atomic E-state index is 0.221. The maximum Gasteiger partial charge on any atom is 0.231 e. The monoisotopic (exact) mass is 482 g/mol. The molecule has 5 rings (SSSR count). The van der Waals surface area contributed by atoms with Crippen molar-refractivity contribution in [3.8, 4) is 28.7 Å². The van der Waals surface area contributed by atoms with E-state index in [4.69, 9.17) is 23.7 Å². The molecule has 35 heavy (non-hydrogen) atoms. The Morgan fingerprint density at radius 3 is 2.49 bits per heavy atom. The predicted octanol–water partition coefficient (Wildman–Crippen LogP) is 3.50. The number of carbonyl (C=O) groups is 1. The number of benzene rings is 2. The summed E-state index contributed by atoms with van der Waals surface area (Å²) in [6.45, 7) is 5.17. The average Bonchev–Trinajstić information content (AvgIpc) is 3.38. The van der Waals surface area contributed by atoms with Gasteiger partial charge in [0, 0.05) is 32.1 Å². The number of piperidine rings is 1. The van der Waals surface area contributed by atoms with Crippen LogP contribution in [0.4, 0.5) is 0 Å². The zero-order valence-corrected chi connectivity index (χ0v) is 20.6. The van der Waals surface area contributed by atoms with Gasteiger partial charge < -0.3 is 33.5 Å². The second kappa shape index (κ2) is 10.6. The van der Waals surface area contributed by atoms with Gasteiger partial charge in [-0.05, 0) is 73.7 Å². The Kier molecular flexibility index (Phi) is 7.18. The first-order valence-electron chi connectivity index (χ1n) is 12.4. The predicted molar refractivity (Wildman–Crippen MR) is 131 cm³/mol. The number of nitrogens with zero attached hydrogens (tertiary/aromatic N) is 2. The summed E-state index contributed by atoms with van der Waals surface area (Å²) in [5.41, 5.74) is 2.38. The molecule has 2 aromatic carbocycles. The number of ether oxygens (including phenoxy) is 5. The van der Waals surface area contributed by atoms with Gasteiger partial charge in [0.2, 0.25) is 12.7 Å². The zero-order chi connectivity index (χ0) is 24.2. The van der Waals surface area contributed by atoms with Crippen molar-refractivity contribution in [2.24, 2.45) is 5.92 Å². The third-order valence-electron chi connectivity index (χ3n) is 7.25. The molecule has 1 amide bonds. The van der Waals surface area contributed by atoms with Crippen molar-refractivity contribution >= 4 is 5.91 Å². The fraction of sp³-hybridized carbons (Fsp3) is 0.519. The third-order valence-corrected chi connectivity index (χ3v) is 7.25. The van der Waals surface area contributed by atoms with Gasteiger partial charge in [0.15, 0.2) is 23.0 Å². The first-order valence-corrected chi connectivity index (χ1v) is 12.4. The van der Waals surface area contributed by atoms with Crippen LogP contribution in [0.3, 0.4) is 0 Å². The van der Waals surface area contributed by atoms with Crippen LogP contribution >= 0.6 is 0 Å². The van der Waals surface area contributed by atoms with Gasteiger partial charge in [-0.25, -0.2) is 0 Å². The zero-order valence-electron chi connectivity index (χ0n) is 20.6. The van der Waals surface area contributed by atoms with Gasteiger partial charge in [0.05, 0.1) is 20.8 Å². The lowest BCUT2D eigenvalue weighted by Gasteiger charge is -2.33. The molecule has 3 aliphatic rings. The summed E-state index contributed by atoms with van der Waals surface area (Å²) >= 11 is 0. The largest absolute Gasteiger partial charge is 0.493 e. The molecule has 188 valence electrons. The van der Waals surface area contributed by atoms with E-state index in [0.717, 1.165) is 74.0 Å². The second-order valence-corrected chi connectivity index (χ2v) is 9.40. The van der Waals surface area contributed by atoms with Crippen LogP contribution in [0.2, 0.25) is 0 Å². The highest BCUT2D eigenvalue weighted by Crippen LogP contribution is 2.36. The molecule has 8 nitrogen and oxygen atoms in total. The van der Waals surface area contributed by atoms with Crippen molar-refractivity contribution in [3.63, 3.8) is 0 Å². The quantitative estimate of drug-likeness (QED) is 0.570. The number of amides is 1. The van der Waals surface area contributed by atoms with Crippen molar-refractivity contribution in [1.82, 2.24) is 9.80 Å². The summed E-state index contributed by atoms with van der Waals surface area (Å²) in [4.78, 5) is 17.3. The van der Waals surface area contributed by atoms with Gasteiger partial charge in [-0.3, -0.25) is 4.79 Å². The van der Waals surface area contributed by atoms with E-state index in [9.17, 15) is 4.79 Å². The Balaban J connectivity index is 1.04. The van der Waals surface area contributed by atoms with Gasteiger partial charge >= 0.3 is 0 Å². The van der Waals surface area contributed by atoms with Gasteiger partial charge in [-0.15, -0.1) is 0 Å². The number of hydrogen-bond donors (Lipinski definition) is 0. The van der Waals surface area contributed by atoms with E-state index < -0.39 is 0 Å². The lowest BCUT2D eigenvalue weighted by Crippen LogP contribution is -2.40. The van der Waals surface area contributed by atoms with Crippen molar-refractivity contribution in [3.05, 3.63) is 41.5 Å². The number of rotatable bonds is 8. The summed E-state index contributed by atoms with van der Waals surface area (Å²) in [5.74, 6) is 4.55. The molecular formula is C27H34N2O6. The molecule has 8 heteroatoms. The number of likely N-dealkylation sites (tertiary alicyclic amines) is 1. The summed E-state index contributed by atoms with van der Waals surface area (Å²) in [5, 5.41) is 0. The molecule has 0 saturated carbocycles. The van der Waals surface area contributed by atoms with Crippen molar-refractivity contribution in [1.29, 1.82) is 0 Å². The van der Waals surface area contributed by atoms with E-state index in [1.807, 2.05) is 35.2 Å². The van der Waals surface area contributed by atoms with Crippen LogP contribution in [0.1, 0.15) is 30.4 Å². The minimum Gasteiger partial charge on any atom is -0.493 e. The smallest absolute Gasteiger partial charge is 0.231 e. The maximum atomic E-state index is 12.9. The highest BCUT2D eigenvalue weighted by atomic mass is 16.7. The van der Waals surface area contributed by atoms with Gasteiger partial charge in [0.25, 0.3) is 0 Å². The molecule has 0 spiro atoms. The van der Waals surface area contributed by atoms with Crippen LogP contribution in [0.15, 0.2) is 30.3 Å². The highest BCUT2D eigenvalue weighted by molar-refractivity contribution is 5.76. The molecular weight excluding hydrogens is 448 g/mol. The molecule has 1 fully saturated rings. The van der Waals surface area contributed by atoms with E-state index in [0.29, 0.717) is 31.2 Å². The van der Waals surface area contributed by atoms with Crippen molar-refractivity contribution < 1.29 is 28.5 Å². The molecule has 3 aliphatic heterocycles. The average molecular weight is 483 g/mol. The van der Waals surface area contributed by atoms with E-state index in [-0.39, 0.29) is 12.7 Å². The van der Waals surface area contributed by atoms with E-state index in [1.165, 1.54) is 5.56 Å². The fourth-order valence-corrected chi connectivity index (χ4v) is 5.07.